The molecule has 10 N–H and O–H groups in total. The van der Waals surface area contributed by atoms with Crippen molar-refractivity contribution in [3.63, 3.8) is 0 Å². The largest absolute Gasteiger partial charge is 0.504 e. The van der Waals surface area contributed by atoms with E-state index < -0.39 is 34.5 Å². The second-order valence-corrected chi connectivity index (χ2v) is 8.90. The summed E-state index contributed by atoms with van der Waals surface area (Å²) in [6.45, 7) is 0. The van der Waals surface area contributed by atoms with Gasteiger partial charge in [-0.05, 0) is 84.3 Å². The van der Waals surface area contributed by atoms with Gasteiger partial charge >= 0.3 is 0 Å². The fraction of sp³-hybridized carbons (Fsp3) is 0.143. The monoisotopic (exact) mass is 522 g/mol. The van der Waals surface area contributed by atoms with E-state index in [0.717, 1.165) is 0 Å². The first-order valence-electron chi connectivity index (χ1n) is 11.5. The fourth-order valence-corrected chi connectivity index (χ4v) is 4.20. The normalized spacial score (nSPS) is 11.1. The Morgan fingerprint density at radius 2 is 0.711 bits per heavy atom. The highest BCUT2D eigenvalue weighted by Gasteiger charge is 2.24. The molecule has 0 heterocycles. The number of aromatic hydroxyl groups is 10. The molecule has 0 aliphatic carbocycles. The molecule has 0 aliphatic heterocycles. The number of benzene rings is 4. The van der Waals surface area contributed by atoms with E-state index in [1.165, 1.54) is 36.4 Å². The molecule has 0 saturated heterocycles. The Morgan fingerprint density at radius 1 is 0.342 bits per heavy atom. The van der Waals surface area contributed by atoms with Gasteiger partial charge in [0.05, 0.1) is 0 Å². The maximum Gasteiger partial charge on any atom is 0.201 e. The van der Waals surface area contributed by atoms with Crippen molar-refractivity contribution >= 4 is 0 Å². The van der Waals surface area contributed by atoms with Gasteiger partial charge in [-0.15, -0.1) is 0 Å². The molecule has 0 radical (unpaired) electrons. The lowest BCUT2D eigenvalue weighted by atomic mass is 9.93. The van der Waals surface area contributed by atoms with Gasteiger partial charge in [0.1, 0.15) is 0 Å². The van der Waals surface area contributed by atoms with Crippen LogP contribution in [0, 0.1) is 0 Å². The molecule has 4 aromatic carbocycles. The van der Waals surface area contributed by atoms with Crippen molar-refractivity contribution in [2.75, 3.05) is 0 Å². The maximum absolute atomic E-state index is 10.6. The van der Waals surface area contributed by atoms with E-state index in [1.807, 2.05) is 0 Å². The van der Waals surface area contributed by atoms with Gasteiger partial charge in [0, 0.05) is 11.1 Å². The Labute approximate surface area is 216 Å². The highest BCUT2D eigenvalue weighted by atomic mass is 16.3. The van der Waals surface area contributed by atoms with E-state index >= 15 is 0 Å². The molecule has 0 amide bonds. The minimum Gasteiger partial charge on any atom is -0.504 e. The van der Waals surface area contributed by atoms with Crippen LogP contribution < -0.4 is 0 Å². The standard InChI is InChI=1S/C28H26O10/c29-19-7-3-13(9-21(19)31)1-5-15-11-17(25(35)27(37)23(15)33)18-12-16(24(34)28(38)26(18)36)6-2-14-4-8-20(30)22(32)10-14/h3-4,7-12,29-38H,1-2,5-6H2. The average molecular weight is 523 g/mol. The van der Waals surface area contributed by atoms with Gasteiger partial charge in [-0.2, -0.15) is 0 Å². The number of aryl methyl sites for hydroxylation is 4. The molecule has 0 atom stereocenters. The van der Waals surface area contributed by atoms with E-state index in [0.29, 0.717) is 11.1 Å². The lowest BCUT2D eigenvalue weighted by Crippen LogP contribution is -1.96. The van der Waals surface area contributed by atoms with Gasteiger partial charge in [-0.25, -0.2) is 0 Å². The number of hydrogen-bond acceptors (Lipinski definition) is 10. The van der Waals surface area contributed by atoms with Crippen LogP contribution in [0.25, 0.3) is 11.1 Å². The molecule has 4 rings (SSSR count). The highest BCUT2D eigenvalue weighted by molar-refractivity contribution is 5.84. The Hall–Kier alpha value is -5.12. The summed E-state index contributed by atoms with van der Waals surface area (Å²) in [5.41, 5.74) is 1.33. The summed E-state index contributed by atoms with van der Waals surface area (Å²) in [5.74, 6) is -5.62. The van der Waals surface area contributed by atoms with Crippen molar-refractivity contribution in [3.8, 4) is 68.6 Å². The molecule has 0 bridgehead atoms. The molecule has 0 saturated carbocycles. The second kappa shape index (κ2) is 10.1. The minimum absolute atomic E-state index is 0.124. The Morgan fingerprint density at radius 3 is 1.05 bits per heavy atom. The predicted octanol–water partition coefficient (Wildman–Crippen LogP) is 3.98. The summed E-state index contributed by atoms with van der Waals surface area (Å²) in [4.78, 5) is 0. The van der Waals surface area contributed by atoms with Crippen LogP contribution in [0.4, 0.5) is 0 Å². The summed E-state index contributed by atoms with van der Waals surface area (Å²) < 4.78 is 0. The summed E-state index contributed by atoms with van der Waals surface area (Å²) in [6.07, 6.45) is 0.781. The zero-order chi connectivity index (χ0) is 27.7. The van der Waals surface area contributed by atoms with Crippen molar-refractivity contribution in [3.05, 3.63) is 70.8 Å². The highest BCUT2D eigenvalue weighted by Crippen LogP contribution is 2.51. The van der Waals surface area contributed by atoms with Gasteiger partial charge in [0.15, 0.2) is 46.0 Å². The lowest BCUT2D eigenvalue weighted by molar-refractivity contribution is 0.362. The van der Waals surface area contributed by atoms with Gasteiger partial charge in [-0.3, -0.25) is 0 Å². The van der Waals surface area contributed by atoms with Crippen LogP contribution in [0.5, 0.6) is 57.5 Å². The third-order valence-corrected chi connectivity index (χ3v) is 6.39. The minimum atomic E-state index is -0.848. The van der Waals surface area contributed by atoms with Crippen LogP contribution >= 0.6 is 0 Å². The molecule has 0 aromatic heterocycles. The van der Waals surface area contributed by atoms with Crippen LogP contribution in [0.3, 0.4) is 0 Å². The van der Waals surface area contributed by atoms with Crippen LogP contribution in [0.1, 0.15) is 22.3 Å². The molecule has 198 valence electrons. The molecule has 0 spiro atoms. The topological polar surface area (TPSA) is 202 Å². The second-order valence-electron chi connectivity index (χ2n) is 8.90. The number of phenolic OH excluding ortho intramolecular Hbond substituents is 10. The first kappa shape index (κ1) is 26.0. The van der Waals surface area contributed by atoms with Gasteiger partial charge in [-0.1, -0.05) is 12.1 Å². The van der Waals surface area contributed by atoms with Crippen molar-refractivity contribution in [1.82, 2.24) is 0 Å². The first-order valence-corrected chi connectivity index (χ1v) is 11.5. The van der Waals surface area contributed by atoms with E-state index in [2.05, 4.69) is 0 Å². The molecule has 0 aliphatic rings. The van der Waals surface area contributed by atoms with Crippen molar-refractivity contribution in [2.24, 2.45) is 0 Å². The van der Waals surface area contributed by atoms with E-state index in [-0.39, 0.29) is 70.9 Å². The number of phenols is 10. The van der Waals surface area contributed by atoms with Crippen LogP contribution in [0.15, 0.2) is 48.5 Å². The van der Waals surface area contributed by atoms with Gasteiger partial charge < -0.3 is 51.1 Å². The predicted molar refractivity (Wildman–Crippen MR) is 136 cm³/mol. The zero-order valence-corrected chi connectivity index (χ0v) is 19.9. The molecule has 38 heavy (non-hydrogen) atoms. The van der Waals surface area contributed by atoms with Crippen molar-refractivity contribution in [2.45, 2.75) is 25.7 Å². The third-order valence-electron chi connectivity index (χ3n) is 6.39. The third kappa shape index (κ3) is 4.92. The lowest BCUT2D eigenvalue weighted by Gasteiger charge is -2.17. The Kier molecular flexibility index (Phi) is 6.89. The molecular weight excluding hydrogens is 496 g/mol. The van der Waals surface area contributed by atoms with E-state index in [1.54, 1.807) is 12.1 Å². The van der Waals surface area contributed by atoms with Gasteiger partial charge in [0.25, 0.3) is 0 Å². The average Bonchev–Trinajstić information content (AvgIpc) is 2.89. The smallest absolute Gasteiger partial charge is 0.201 e. The number of rotatable bonds is 7. The zero-order valence-electron chi connectivity index (χ0n) is 19.9. The van der Waals surface area contributed by atoms with Crippen molar-refractivity contribution in [1.29, 1.82) is 0 Å². The summed E-state index contributed by atoms with van der Waals surface area (Å²) in [5, 5.41) is 101. The molecule has 4 aromatic rings. The van der Waals surface area contributed by atoms with E-state index in [9.17, 15) is 51.1 Å². The SMILES string of the molecule is Oc1ccc(CCc2cc(-c3cc(CCc4ccc(O)c(O)c4)c(O)c(O)c3O)c(O)c(O)c2O)cc1O. The molecule has 0 unspecified atom stereocenters. The number of hydrogen-bond donors (Lipinski definition) is 10. The summed E-state index contributed by atoms with van der Waals surface area (Å²) >= 11 is 0. The maximum atomic E-state index is 10.6. The Bertz CT molecular complexity index is 1410. The summed E-state index contributed by atoms with van der Waals surface area (Å²) in [6, 6.07) is 11.1. The molecule has 10 heteroatoms. The summed E-state index contributed by atoms with van der Waals surface area (Å²) in [7, 11) is 0. The van der Waals surface area contributed by atoms with Gasteiger partial charge in [0.2, 0.25) is 11.5 Å². The van der Waals surface area contributed by atoms with Crippen LogP contribution in [-0.2, 0) is 25.7 Å². The van der Waals surface area contributed by atoms with Crippen LogP contribution in [0.2, 0.25) is 0 Å². The van der Waals surface area contributed by atoms with Crippen molar-refractivity contribution < 1.29 is 51.1 Å². The fourth-order valence-electron chi connectivity index (χ4n) is 4.20. The quantitative estimate of drug-likeness (QED) is 0.158. The molecular formula is C28H26O10. The molecule has 10 nitrogen and oxygen atoms in total. The first-order chi connectivity index (χ1) is 18.0. The Balaban J connectivity index is 1.70. The molecule has 0 fully saturated rings. The van der Waals surface area contributed by atoms with Crippen LogP contribution in [-0.4, -0.2) is 51.1 Å². The van der Waals surface area contributed by atoms with E-state index in [4.69, 9.17) is 0 Å².